The van der Waals surface area contributed by atoms with Gasteiger partial charge in [0.25, 0.3) is 0 Å². The van der Waals surface area contributed by atoms with Crippen LogP contribution in [0, 0.1) is 0 Å². The second kappa shape index (κ2) is 5.74. The largest absolute Gasteiger partial charge is 0.456 e. The number of nitrogens with zero attached hydrogens (tertiary/aromatic N) is 1. The Morgan fingerprint density at radius 1 is 0.533 bits per heavy atom. The molecular formula is C28H17NO. The van der Waals surface area contributed by atoms with Crippen molar-refractivity contribution in [2.24, 2.45) is 0 Å². The number of hydrogen-bond acceptors (Lipinski definition) is 1. The van der Waals surface area contributed by atoms with Crippen molar-refractivity contribution >= 4 is 32.6 Å². The fraction of sp³-hybridized carbons (Fsp3) is 0. The summed E-state index contributed by atoms with van der Waals surface area (Å²) in [5.74, 6) is 1.85. The van der Waals surface area contributed by atoms with Crippen molar-refractivity contribution in [1.29, 1.82) is 0 Å². The molecule has 0 atom stereocenters. The first-order chi connectivity index (χ1) is 14.9. The minimum atomic E-state index is 0.921. The average Bonchev–Trinajstić information content (AvgIpc) is 3.12. The van der Waals surface area contributed by atoms with Crippen molar-refractivity contribution in [3.63, 3.8) is 0 Å². The zero-order valence-corrected chi connectivity index (χ0v) is 16.2. The third-order valence-electron chi connectivity index (χ3n) is 6.16. The fourth-order valence-corrected chi connectivity index (χ4v) is 4.88. The lowest BCUT2D eigenvalue weighted by atomic mass is 9.94. The molecule has 5 aromatic carbocycles. The van der Waals surface area contributed by atoms with Gasteiger partial charge in [0, 0.05) is 27.4 Å². The maximum absolute atomic E-state index is 6.41. The molecule has 30 heavy (non-hydrogen) atoms. The first kappa shape index (κ1) is 15.8. The molecular weight excluding hydrogens is 366 g/mol. The van der Waals surface area contributed by atoms with E-state index in [0.717, 1.165) is 17.1 Å². The number of fused-ring (bicyclic) bond motifs is 5. The summed E-state index contributed by atoms with van der Waals surface area (Å²) in [6.07, 6.45) is 0. The Kier molecular flexibility index (Phi) is 3.03. The molecule has 2 heteroatoms. The second-order valence-corrected chi connectivity index (χ2v) is 7.82. The van der Waals surface area contributed by atoms with Crippen LogP contribution in [0.4, 0.5) is 0 Å². The Morgan fingerprint density at radius 3 is 2.23 bits per heavy atom. The molecule has 0 amide bonds. The highest BCUT2D eigenvalue weighted by Gasteiger charge is 2.22. The number of para-hydroxylation sites is 2. The van der Waals surface area contributed by atoms with Gasteiger partial charge in [-0.3, -0.25) is 0 Å². The number of rotatable bonds is 1. The quantitative estimate of drug-likeness (QED) is 0.283. The molecule has 0 fully saturated rings. The van der Waals surface area contributed by atoms with Crippen molar-refractivity contribution < 1.29 is 4.74 Å². The van der Waals surface area contributed by atoms with Crippen LogP contribution in [-0.4, -0.2) is 4.57 Å². The molecule has 2 heterocycles. The molecule has 0 aliphatic carbocycles. The summed E-state index contributed by atoms with van der Waals surface area (Å²) in [7, 11) is 0. The van der Waals surface area contributed by atoms with Crippen LogP contribution in [0.3, 0.4) is 0 Å². The van der Waals surface area contributed by atoms with Gasteiger partial charge >= 0.3 is 0 Å². The van der Waals surface area contributed by atoms with Crippen LogP contribution in [0.15, 0.2) is 103 Å². The third-order valence-corrected chi connectivity index (χ3v) is 6.16. The van der Waals surface area contributed by atoms with E-state index in [0.29, 0.717) is 0 Å². The lowest BCUT2D eigenvalue weighted by Gasteiger charge is -2.21. The van der Waals surface area contributed by atoms with Gasteiger partial charge in [0.15, 0.2) is 0 Å². The SMILES string of the molecule is c1ccc(-n2c3ccccc3c3cc4c(cc32)-c2cccc3cccc(c23)O4)cc1. The molecule has 0 radical (unpaired) electrons. The predicted octanol–water partition coefficient (Wildman–Crippen LogP) is 7.71. The van der Waals surface area contributed by atoms with Gasteiger partial charge in [0.2, 0.25) is 0 Å². The zero-order chi connectivity index (χ0) is 19.7. The maximum atomic E-state index is 6.41. The van der Waals surface area contributed by atoms with E-state index >= 15 is 0 Å². The highest BCUT2D eigenvalue weighted by Crippen LogP contribution is 2.49. The van der Waals surface area contributed by atoms with Gasteiger partial charge in [0.1, 0.15) is 11.5 Å². The number of ether oxygens (including phenoxy) is 1. The molecule has 0 saturated heterocycles. The fourth-order valence-electron chi connectivity index (χ4n) is 4.88. The molecule has 0 saturated carbocycles. The Balaban J connectivity index is 1.64. The standard InChI is InChI=1S/C28H17NO/c1-2-10-19(11-3-1)29-24-14-5-4-12-20(24)22-17-27-23(16-25(22)29)21-13-6-8-18-9-7-15-26(30-27)28(18)21/h1-17H. The van der Waals surface area contributed by atoms with E-state index < -0.39 is 0 Å². The summed E-state index contributed by atoms with van der Waals surface area (Å²) in [6, 6.07) is 36.4. The predicted molar refractivity (Wildman–Crippen MR) is 124 cm³/mol. The molecule has 7 rings (SSSR count). The lowest BCUT2D eigenvalue weighted by molar-refractivity contribution is 0.488. The minimum Gasteiger partial charge on any atom is -0.456 e. The van der Waals surface area contributed by atoms with Crippen molar-refractivity contribution in [2.75, 3.05) is 0 Å². The topological polar surface area (TPSA) is 14.2 Å². The monoisotopic (exact) mass is 383 g/mol. The second-order valence-electron chi connectivity index (χ2n) is 7.82. The van der Waals surface area contributed by atoms with Gasteiger partial charge in [-0.2, -0.15) is 0 Å². The number of benzene rings is 5. The molecule has 1 aliphatic heterocycles. The summed E-state index contributed by atoms with van der Waals surface area (Å²) in [4.78, 5) is 0. The highest BCUT2D eigenvalue weighted by atomic mass is 16.5. The van der Waals surface area contributed by atoms with Crippen LogP contribution in [0.2, 0.25) is 0 Å². The molecule has 0 spiro atoms. The van der Waals surface area contributed by atoms with Gasteiger partial charge in [-0.25, -0.2) is 0 Å². The summed E-state index contributed by atoms with van der Waals surface area (Å²) in [6.45, 7) is 0. The van der Waals surface area contributed by atoms with Gasteiger partial charge < -0.3 is 9.30 Å². The lowest BCUT2D eigenvalue weighted by Crippen LogP contribution is -1.98. The average molecular weight is 383 g/mol. The molecule has 140 valence electrons. The van der Waals surface area contributed by atoms with E-state index in [9.17, 15) is 0 Å². The van der Waals surface area contributed by atoms with Gasteiger partial charge in [-0.15, -0.1) is 0 Å². The highest BCUT2D eigenvalue weighted by molar-refractivity contribution is 6.13. The summed E-state index contributed by atoms with van der Waals surface area (Å²) in [5.41, 5.74) is 5.94. The first-order valence-electron chi connectivity index (χ1n) is 10.2. The van der Waals surface area contributed by atoms with Gasteiger partial charge in [0.05, 0.1) is 11.0 Å². The van der Waals surface area contributed by atoms with E-state index in [1.165, 1.54) is 43.8 Å². The van der Waals surface area contributed by atoms with Crippen molar-refractivity contribution in [3.05, 3.63) is 103 Å². The van der Waals surface area contributed by atoms with E-state index in [4.69, 9.17) is 4.74 Å². The van der Waals surface area contributed by atoms with Crippen LogP contribution in [0.1, 0.15) is 0 Å². The van der Waals surface area contributed by atoms with Crippen LogP contribution in [0.5, 0.6) is 11.5 Å². The molecule has 6 aromatic rings. The number of hydrogen-bond donors (Lipinski definition) is 0. The smallest absolute Gasteiger partial charge is 0.136 e. The molecule has 0 bridgehead atoms. The molecule has 1 aromatic heterocycles. The minimum absolute atomic E-state index is 0.921. The Hall–Kier alpha value is -4.04. The molecule has 2 nitrogen and oxygen atoms in total. The van der Waals surface area contributed by atoms with E-state index in [2.05, 4.69) is 108 Å². The van der Waals surface area contributed by atoms with Crippen molar-refractivity contribution in [2.45, 2.75) is 0 Å². The molecule has 0 N–H and O–H groups in total. The summed E-state index contributed by atoms with van der Waals surface area (Å²) >= 11 is 0. The van der Waals surface area contributed by atoms with Gasteiger partial charge in [-0.1, -0.05) is 66.7 Å². The third kappa shape index (κ3) is 2.03. The van der Waals surface area contributed by atoms with Crippen LogP contribution < -0.4 is 4.74 Å². The van der Waals surface area contributed by atoms with Crippen LogP contribution in [0.25, 0.3) is 49.4 Å². The van der Waals surface area contributed by atoms with Crippen molar-refractivity contribution in [1.82, 2.24) is 4.57 Å². The van der Waals surface area contributed by atoms with E-state index in [1.54, 1.807) is 0 Å². The van der Waals surface area contributed by atoms with Crippen LogP contribution in [-0.2, 0) is 0 Å². The van der Waals surface area contributed by atoms with E-state index in [1.807, 2.05) is 0 Å². The van der Waals surface area contributed by atoms with Gasteiger partial charge in [-0.05, 0) is 47.3 Å². The summed E-state index contributed by atoms with van der Waals surface area (Å²) < 4.78 is 8.77. The Labute approximate surface area is 173 Å². The van der Waals surface area contributed by atoms with Crippen LogP contribution >= 0.6 is 0 Å². The van der Waals surface area contributed by atoms with E-state index in [-0.39, 0.29) is 0 Å². The Morgan fingerprint density at radius 2 is 1.33 bits per heavy atom. The Bertz CT molecular complexity index is 1600. The molecule has 1 aliphatic rings. The zero-order valence-electron chi connectivity index (χ0n) is 16.2. The molecule has 0 unspecified atom stereocenters. The number of aromatic nitrogens is 1. The maximum Gasteiger partial charge on any atom is 0.136 e. The summed E-state index contributed by atoms with van der Waals surface area (Å²) in [5, 5.41) is 4.84. The first-order valence-corrected chi connectivity index (χ1v) is 10.2. The van der Waals surface area contributed by atoms with Crippen molar-refractivity contribution in [3.8, 4) is 28.3 Å². The normalized spacial score (nSPS) is 12.3.